The highest BCUT2D eigenvalue weighted by Crippen LogP contribution is 2.52. The van der Waals surface area contributed by atoms with Crippen LogP contribution in [0.5, 0.6) is 0 Å². The van der Waals surface area contributed by atoms with Crippen LogP contribution >= 0.6 is 0 Å². The third-order valence-electron chi connectivity index (χ3n) is 4.01. The highest BCUT2D eigenvalue weighted by molar-refractivity contribution is 5.44. The maximum atomic E-state index is 8.81. The lowest BCUT2D eigenvalue weighted by Crippen LogP contribution is -2.18. The predicted octanol–water partition coefficient (Wildman–Crippen LogP) is 3.49. The smallest absolute Gasteiger partial charge is 0.116 e. The molecular weight excluding hydrogens is 200 g/mol. The summed E-state index contributed by atoms with van der Waals surface area (Å²) in [6, 6.07) is 0. The van der Waals surface area contributed by atoms with Crippen LogP contribution in [0.2, 0.25) is 0 Å². The second-order valence-corrected chi connectivity index (χ2v) is 4.74. The van der Waals surface area contributed by atoms with Gasteiger partial charge in [0.1, 0.15) is 12.6 Å². The van der Waals surface area contributed by atoms with Gasteiger partial charge in [-0.25, -0.2) is 0 Å². The third kappa shape index (κ3) is 4.07. The van der Waals surface area contributed by atoms with Crippen LogP contribution < -0.4 is 0 Å². The van der Waals surface area contributed by atoms with Gasteiger partial charge in [0.05, 0.1) is 0 Å². The molecule has 0 spiro atoms. The number of hydrogen-bond donors (Lipinski definition) is 0. The minimum atomic E-state index is 0.750. The topological polar surface area (TPSA) is 34.1 Å². The van der Waals surface area contributed by atoms with E-state index in [-0.39, 0.29) is 0 Å². The van der Waals surface area contributed by atoms with Gasteiger partial charge in [-0.1, -0.05) is 20.3 Å². The van der Waals surface area contributed by atoms with Crippen LogP contribution in [0.15, 0.2) is 0 Å². The van der Waals surface area contributed by atoms with E-state index in [9.17, 15) is 0 Å². The van der Waals surface area contributed by atoms with Crippen molar-refractivity contribution < 1.29 is 9.59 Å². The highest BCUT2D eigenvalue weighted by atomic mass is 16.1. The van der Waals surface area contributed by atoms with Gasteiger partial charge in [-0.2, -0.15) is 0 Å². The van der Waals surface area contributed by atoms with E-state index in [1.165, 1.54) is 20.3 Å². The van der Waals surface area contributed by atoms with E-state index in [4.69, 9.17) is 9.59 Å². The molecule has 2 nitrogen and oxygen atoms in total. The van der Waals surface area contributed by atoms with Crippen molar-refractivity contribution in [3.05, 3.63) is 0 Å². The third-order valence-corrected chi connectivity index (χ3v) is 4.01. The van der Waals surface area contributed by atoms with Crippen LogP contribution in [0.1, 0.15) is 53.4 Å². The molecule has 0 aromatic rings. The molecule has 0 heterocycles. The lowest BCUT2D eigenvalue weighted by Gasteiger charge is -2.26. The van der Waals surface area contributed by atoms with E-state index in [0.717, 1.165) is 36.2 Å². The monoisotopic (exact) mass is 226 g/mol. The number of rotatable bonds is 1. The normalized spacial score (nSPS) is 34.2. The molecule has 0 aromatic heterocycles. The molecule has 0 radical (unpaired) electrons. The quantitative estimate of drug-likeness (QED) is 0.641. The van der Waals surface area contributed by atoms with Crippen molar-refractivity contribution in [3.63, 3.8) is 0 Å². The first-order valence-electron chi connectivity index (χ1n) is 6.45. The van der Waals surface area contributed by atoms with Crippen LogP contribution in [0.4, 0.5) is 0 Å². The number of carbonyl (C=O) groups excluding carboxylic acids is 2. The molecule has 94 valence electrons. The Labute approximate surface area is 99.8 Å². The van der Waals surface area contributed by atoms with Crippen LogP contribution in [0, 0.1) is 23.7 Å². The molecule has 2 saturated carbocycles. The zero-order valence-electron chi connectivity index (χ0n) is 11.1. The van der Waals surface area contributed by atoms with Crippen molar-refractivity contribution >= 4 is 12.6 Å². The first-order valence-corrected chi connectivity index (χ1v) is 6.45. The summed E-state index contributed by atoms with van der Waals surface area (Å²) in [4.78, 5) is 17.6. The number of carbonyl (C=O) groups is 2. The summed E-state index contributed by atoms with van der Waals surface area (Å²) in [5.74, 6) is 4.41. The number of hydrogen-bond acceptors (Lipinski definition) is 2. The molecule has 0 aliphatic heterocycles. The minimum Gasteiger partial charge on any atom is -0.304 e. The van der Waals surface area contributed by atoms with E-state index in [0.29, 0.717) is 0 Å². The van der Waals surface area contributed by atoms with Gasteiger partial charge in [-0.15, -0.1) is 0 Å². The van der Waals surface area contributed by atoms with Crippen molar-refractivity contribution in [3.8, 4) is 0 Å². The first-order chi connectivity index (χ1) is 7.65. The lowest BCUT2D eigenvalue weighted by molar-refractivity contribution is -0.106. The molecule has 16 heavy (non-hydrogen) atoms. The van der Waals surface area contributed by atoms with E-state index < -0.39 is 0 Å². The Morgan fingerprint density at radius 3 is 1.75 bits per heavy atom. The zero-order chi connectivity index (χ0) is 12.6. The molecule has 2 aliphatic rings. The molecule has 2 heteroatoms. The summed E-state index contributed by atoms with van der Waals surface area (Å²) in [6.07, 6.45) is 7.60. The molecule has 4 atom stereocenters. The summed E-state index contributed by atoms with van der Waals surface area (Å²) < 4.78 is 0. The molecule has 4 unspecified atom stereocenters. The summed E-state index contributed by atoms with van der Waals surface area (Å²) in [7, 11) is 0. The van der Waals surface area contributed by atoms with E-state index in [1.54, 1.807) is 19.3 Å². The molecule has 0 N–H and O–H groups in total. The Morgan fingerprint density at radius 2 is 1.50 bits per heavy atom. The average molecular weight is 226 g/mol. The van der Waals surface area contributed by atoms with Crippen LogP contribution in [0.3, 0.4) is 0 Å². The molecule has 0 amide bonds. The molecule has 2 bridgehead atoms. The summed E-state index contributed by atoms with van der Waals surface area (Å²) >= 11 is 0. The Morgan fingerprint density at radius 1 is 1.06 bits per heavy atom. The second-order valence-electron chi connectivity index (χ2n) is 4.74. The van der Waals surface area contributed by atoms with E-state index in [2.05, 4.69) is 13.8 Å². The first kappa shape index (κ1) is 15.3. The maximum Gasteiger partial charge on any atom is 0.116 e. The van der Waals surface area contributed by atoms with Gasteiger partial charge >= 0.3 is 0 Å². The van der Waals surface area contributed by atoms with Gasteiger partial charge in [0.15, 0.2) is 0 Å². The average Bonchev–Trinajstić information content (AvgIpc) is 2.80. The van der Waals surface area contributed by atoms with Crippen molar-refractivity contribution in [2.24, 2.45) is 23.7 Å². The van der Waals surface area contributed by atoms with E-state index >= 15 is 0 Å². The fraction of sp³-hybridized carbons (Fsp3) is 0.857. The molecular formula is C14H26O2. The Hall–Kier alpha value is -0.660. The highest BCUT2D eigenvalue weighted by Gasteiger charge is 2.43. The maximum absolute atomic E-state index is 8.81. The van der Waals surface area contributed by atoms with Gasteiger partial charge in [-0.05, 0) is 56.8 Å². The molecule has 0 saturated heterocycles. The molecule has 0 aromatic carbocycles. The van der Waals surface area contributed by atoms with Crippen LogP contribution in [-0.4, -0.2) is 12.6 Å². The minimum absolute atomic E-state index is 0.750. The van der Waals surface area contributed by atoms with Crippen molar-refractivity contribution in [2.45, 2.75) is 53.4 Å². The number of fused-ring (bicyclic) bond motifs is 2. The SMILES string of the molecule is CC=O.CC=O.CCC1C2CCC(C2)C1C. The van der Waals surface area contributed by atoms with Gasteiger partial charge < -0.3 is 9.59 Å². The second kappa shape index (κ2) is 8.49. The summed E-state index contributed by atoms with van der Waals surface area (Å²) in [5, 5.41) is 0. The van der Waals surface area contributed by atoms with Gasteiger partial charge in [0.2, 0.25) is 0 Å². The molecule has 2 fully saturated rings. The fourth-order valence-corrected chi connectivity index (χ4v) is 3.40. The van der Waals surface area contributed by atoms with Crippen LogP contribution in [0.25, 0.3) is 0 Å². The van der Waals surface area contributed by atoms with Crippen molar-refractivity contribution in [1.82, 2.24) is 0 Å². The van der Waals surface area contributed by atoms with Gasteiger partial charge in [-0.3, -0.25) is 0 Å². The Bertz CT molecular complexity index is 193. The van der Waals surface area contributed by atoms with Gasteiger partial charge in [0.25, 0.3) is 0 Å². The standard InChI is InChI=1S/C10H18.2C2H4O/c1-3-10-7(2)8-4-5-9(10)6-8;2*1-2-3/h7-10H,3-6H2,1-2H3;2*2H,1H3. The summed E-state index contributed by atoms with van der Waals surface area (Å²) in [6.45, 7) is 7.72. The van der Waals surface area contributed by atoms with Crippen LogP contribution in [-0.2, 0) is 9.59 Å². The van der Waals surface area contributed by atoms with Gasteiger partial charge in [0, 0.05) is 0 Å². The lowest BCUT2D eigenvalue weighted by atomic mass is 9.79. The molecule has 2 rings (SSSR count). The largest absolute Gasteiger partial charge is 0.304 e. The van der Waals surface area contributed by atoms with Crippen molar-refractivity contribution in [1.29, 1.82) is 0 Å². The van der Waals surface area contributed by atoms with E-state index in [1.807, 2.05) is 0 Å². The summed E-state index contributed by atoms with van der Waals surface area (Å²) in [5.41, 5.74) is 0. The predicted molar refractivity (Wildman–Crippen MR) is 67.3 cm³/mol. The Balaban J connectivity index is 0.000000321. The fourth-order valence-electron chi connectivity index (χ4n) is 3.40. The van der Waals surface area contributed by atoms with Crippen molar-refractivity contribution in [2.75, 3.05) is 0 Å². The zero-order valence-corrected chi connectivity index (χ0v) is 11.1. The Kier molecular flexibility index (Phi) is 8.14. The molecule has 2 aliphatic carbocycles. The number of aldehydes is 2.